The third-order valence-corrected chi connectivity index (χ3v) is 4.41. The number of rotatable bonds is 7. The molecule has 2 nitrogen and oxygen atoms in total. The van der Waals surface area contributed by atoms with Crippen molar-refractivity contribution in [1.29, 1.82) is 0 Å². The van der Waals surface area contributed by atoms with Crippen LogP contribution in [0.15, 0.2) is 36.4 Å². The molecular formula is C21H24ClF2NO. The van der Waals surface area contributed by atoms with Gasteiger partial charge in [-0.1, -0.05) is 30.2 Å². The highest BCUT2D eigenvalue weighted by atomic mass is 35.5. The topological polar surface area (TPSA) is 12.5 Å². The van der Waals surface area contributed by atoms with Crippen LogP contribution in [0.2, 0.25) is 0 Å². The molecule has 0 saturated heterocycles. The molecule has 0 aliphatic heterocycles. The maximum atomic E-state index is 14.2. The van der Waals surface area contributed by atoms with Crippen molar-refractivity contribution in [2.24, 2.45) is 0 Å². The second-order valence-electron chi connectivity index (χ2n) is 6.12. The minimum atomic E-state index is -0.530. The molecular weight excluding hydrogens is 356 g/mol. The number of nitrogens with zero attached hydrogens (tertiary/aromatic N) is 1. The summed E-state index contributed by atoms with van der Waals surface area (Å²) in [6.07, 6.45) is 5.62. The van der Waals surface area contributed by atoms with Gasteiger partial charge in [-0.2, -0.15) is 5.06 Å². The monoisotopic (exact) mass is 379 g/mol. The van der Waals surface area contributed by atoms with Crippen LogP contribution in [0.25, 0.3) is 0 Å². The lowest BCUT2D eigenvalue weighted by Gasteiger charge is -2.27. The summed E-state index contributed by atoms with van der Waals surface area (Å²) in [6, 6.07) is 9.94. The quantitative estimate of drug-likeness (QED) is 0.505. The molecule has 2 aromatic carbocycles. The van der Waals surface area contributed by atoms with E-state index in [0.29, 0.717) is 13.1 Å². The van der Waals surface area contributed by atoms with Gasteiger partial charge in [0.05, 0.1) is 13.7 Å². The summed E-state index contributed by atoms with van der Waals surface area (Å²) in [4.78, 5) is 5.32. The van der Waals surface area contributed by atoms with Gasteiger partial charge in [-0.15, -0.1) is 18.8 Å². The van der Waals surface area contributed by atoms with E-state index in [1.165, 1.54) is 18.2 Å². The molecule has 0 saturated carbocycles. The van der Waals surface area contributed by atoms with Gasteiger partial charge in [0.2, 0.25) is 0 Å². The van der Waals surface area contributed by atoms with Gasteiger partial charge in [-0.3, -0.25) is 0 Å². The lowest BCUT2D eigenvalue weighted by Crippen LogP contribution is -2.30. The first-order valence-corrected chi connectivity index (χ1v) is 8.19. The third kappa shape index (κ3) is 5.28. The molecule has 0 aliphatic carbocycles. The van der Waals surface area contributed by atoms with Gasteiger partial charge in [0.15, 0.2) is 0 Å². The highest BCUT2D eigenvalue weighted by molar-refractivity contribution is 5.85. The van der Waals surface area contributed by atoms with E-state index < -0.39 is 11.6 Å². The van der Waals surface area contributed by atoms with Gasteiger partial charge in [0.1, 0.15) is 11.6 Å². The van der Waals surface area contributed by atoms with Crippen molar-refractivity contribution < 1.29 is 13.6 Å². The van der Waals surface area contributed by atoms with E-state index in [9.17, 15) is 8.78 Å². The van der Waals surface area contributed by atoms with Crippen LogP contribution < -0.4 is 0 Å². The van der Waals surface area contributed by atoms with Gasteiger partial charge in [-0.05, 0) is 49.1 Å². The van der Waals surface area contributed by atoms with E-state index >= 15 is 0 Å². The average molecular weight is 380 g/mol. The highest BCUT2D eigenvalue weighted by Gasteiger charge is 2.23. The minimum Gasteiger partial charge on any atom is -0.301 e. The Kier molecular flexibility index (Phi) is 8.74. The number of hydroxylamine groups is 2. The van der Waals surface area contributed by atoms with Crippen LogP contribution in [0.5, 0.6) is 0 Å². The van der Waals surface area contributed by atoms with Crippen molar-refractivity contribution in [3.05, 3.63) is 70.3 Å². The zero-order valence-electron chi connectivity index (χ0n) is 15.3. The van der Waals surface area contributed by atoms with Crippen LogP contribution in [0, 0.1) is 37.8 Å². The molecule has 0 aliphatic rings. The summed E-state index contributed by atoms with van der Waals surface area (Å²) in [6.45, 7) is 4.76. The fourth-order valence-corrected chi connectivity index (χ4v) is 3.25. The van der Waals surface area contributed by atoms with E-state index in [0.717, 1.165) is 16.7 Å². The van der Waals surface area contributed by atoms with Gasteiger partial charge in [-0.25, -0.2) is 8.78 Å². The van der Waals surface area contributed by atoms with Crippen LogP contribution in [-0.2, 0) is 11.3 Å². The molecule has 0 fully saturated rings. The van der Waals surface area contributed by atoms with Gasteiger partial charge < -0.3 is 4.84 Å². The maximum Gasteiger partial charge on any atom is 0.129 e. The van der Waals surface area contributed by atoms with Crippen molar-refractivity contribution in [3.63, 3.8) is 0 Å². The molecule has 0 spiro atoms. The van der Waals surface area contributed by atoms with E-state index in [4.69, 9.17) is 11.3 Å². The van der Waals surface area contributed by atoms with E-state index in [2.05, 4.69) is 5.92 Å². The molecule has 5 heteroatoms. The molecule has 0 amide bonds. The molecule has 0 heterocycles. The fourth-order valence-electron chi connectivity index (χ4n) is 3.25. The van der Waals surface area contributed by atoms with Crippen LogP contribution in [-0.4, -0.2) is 25.3 Å². The third-order valence-electron chi connectivity index (χ3n) is 4.41. The molecule has 0 radical (unpaired) electrons. The predicted molar refractivity (Wildman–Crippen MR) is 103 cm³/mol. The molecule has 0 N–H and O–H groups in total. The normalized spacial score (nSPS) is 11.7. The van der Waals surface area contributed by atoms with Crippen molar-refractivity contribution in [3.8, 4) is 12.3 Å². The lowest BCUT2D eigenvalue weighted by atomic mass is 9.86. The lowest BCUT2D eigenvalue weighted by molar-refractivity contribution is -0.124. The number of terminal acetylenes is 1. The highest BCUT2D eigenvalue weighted by Crippen LogP contribution is 2.30. The summed E-state index contributed by atoms with van der Waals surface area (Å²) in [5.74, 6) is 1.33. The summed E-state index contributed by atoms with van der Waals surface area (Å²) < 4.78 is 28.4. The molecule has 2 aromatic rings. The summed E-state index contributed by atoms with van der Waals surface area (Å²) >= 11 is 0. The average Bonchev–Trinajstić information content (AvgIpc) is 2.57. The Hall–Kier alpha value is -1.93. The van der Waals surface area contributed by atoms with Crippen LogP contribution >= 0.6 is 12.4 Å². The Balaban J connectivity index is 0.00000338. The first-order chi connectivity index (χ1) is 12.0. The Morgan fingerprint density at radius 2 is 1.62 bits per heavy atom. The van der Waals surface area contributed by atoms with Crippen molar-refractivity contribution >= 4 is 12.4 Å². The zero-order chi connectivity index (χ0) is 18.4. The van der Waals surface area contributed by atoms with Crippen LogP contribution in [0.4, 0.5) is 8.78 Å². The number of hydrogen-bond acceptors (Lipinski definition) is 2. The Bertz CT molecular complexity index is 733. The van der Waals surface area contributed by atoms with E-state index in [1.807, 2.05) is 32.0 Å². The fraction of sp³-hybridized carbons (Fsp3) is 0.333. The van der Waals surface area contributed by atoms with E-state index in [-0.39, 0.29) is 30.3 Å². The number of halogens is 3. The first-order valence-electron chi connectivity index (χ1n) is 8.19. The molecule has 1 atom stereocenters. The Morgan fingerprint density at radius 3 is 2.12 bits per heavy atom. The summed E-state index contributed by atoms with van der Waals surface area (Å²) in [5, 5.41) is 1.63. The summed E-state index contributed by atoms with van der Waals surface area (Å²) in [7, 11) is 1.54. The zero-order valence-corrected chi connectivity index (χ0v) is 16.1. The second-order valence-corrected chi connectivity index (χ2v) is 6.12. The second kappa shape index (κ2) is 10.3. The largest absolute Gasteiger partial charge is 0.301 e. The standard InChI is InChI=1S/C21H23F2NO.ClH/c1-5-12-24(25-4)14-17(21-15(2)8-6-9-16(21)3)13-18-19(22)10-7-11-20(18)23;/h1,6-11,17H,12-14H2,2-4H3;1H. The molecule has 0 aromatic heterocycles. The molecule has 2 rings (SSSR count). The minimum absolute atomic E-state index is 0. The molecule has 140 valence electrons. The van der Waals surface area contributed by atoms with Gasteiger partial charge in [0, 0.05) is 18.0 Å². The van der Waals surface area contributed by atoms with Crippen molar-refractivity contribution in [2.75, 3.05) is 20.2 Å². The van der Waals surface area contributed by atoms with Gasteiger partial charge in [0.25, 0.3) is 0 Å². The van der Waals surface area contributed by atoms with Crippen molar-refractivity contribution in [1.82, 2.24) is 5.06 Å². The number of aryl methyl sites for hydroxylation is 2. The van der Waals surface area contributed by atoms with Crippen molar-refractivity contribution in [2.45, 2.75) is 26.2 Å². The Labute approximate surface area is 160 Å². The first kappa shape index (κ1) is 22.1. The summed E-state index contributed by atoms with van der Waals surface area (Å²) in [5.41, 5.74) is 3.33. The Morgan fingerprint density at radius 1 is 1.08 bits per heavy atom. The van der Waals surface area contributed by atoms with Crippen LogP contribution in [0.3, 0.4) is 0 Å². The number of benzene rings is 2. The molecule has 0 bridgehead atoms. The SMILES string of the molecule is C#CCN(CC(Cc1c(F)cccc1F)c1c(C)cccc1C)OC.Cl. The van der Waals surface area contributed by atoms with Crippen LogP contribution in [0.1, 0.15) is 28.2 Å². The van der Waals surface area contributed by atoms with E-state index in [1.54, 1.807) is 12.2 Å². The molecule has 26 heavy (non-hydrogen) atoms. The molecule has 1 unspecified atom stereocenters. The predicted octanol–water partition coefficient (Wildman–Crippen LogP) is 4.83. The number of hydrogen-bond donors (Lipinski definition) is 0. The maximum absolute atomic E-state index is 14.2. The van der Waals surface area contributed by atoms with Gasteiger partial charge >= 0.3 is 0 Å². The smallest absolute Gasteiger partial charge is 0.129 e.